The van der Waals surface area contributed by atoms with Crippen molar-refractivity contribution >= 4 is 10.8 Å². The third kappa shape index (κ3) is 5.06. The molecule has 0 heterocycles. The summed E-state index contributed by atoms with van der Waals surface area (Å²) < 4.78 is 12.6. The number of allylic oxidation sites excluding steroid dienone is 2. The Bertz CT molecular complexity index is 474. The maximum absolute atomic E-state index is 12.6. The Labute approximate surface area is 124 Å². The number of aliphatic hydroxyl groups excluding tert-OH is 1. The summed E-state index contributed by atoms with van der Waals surface area (Å²) in [5.74, 6) is 0. The van der Waals surface area contributed by atoms with Gasteiger partial charge < -0.3 is 5.11 Å². The highest BCUT2D eigenvalue weighted by Gasteiger charge is 2.18. The molecule has 110 valence electrons. The van der Waals surface area contributed by atoms with Crippen LogP contribution in [-0.2, 0) is 10.8 Å². The van der Waals surface area contributed by atoms with Gasteiger partial charge in [0.05, 0.1) is 16.9 Å². The molecule has 0 aliphatic carbocycles. The molecule has 2 nitrogen and oxygen atoms in total. The Morgan fingerprint density at radius 1 is 1.35 bits per heavy atom. The van der Waals surface area contributed by atoms with E-state index < -0.39 is 16.9 Å². The van der Waals surface area contributed by atoms with E-state index in [0.717, 1.165) is 29.7 Å². The van der Waals surface area contributed by atoms with Crippen molar-refractivity contribution < 1.29 is 9.32 Å². The van der Waals surface area contributed by atoms with Crippen LogP contribution in [0.4, 0.5) is 0 Å². The molecule has 20 heavy (non-hydrogen) atoms. The molecule has 1 N–H and O–H groups in total. The summed E-state index contributed by atoms with van der Waals surface area (Å²) >= 11 is 0. The lowest BCUT2D eigenvalue weighted by Gasteiger charge is -2.14. The van der Waals surface area contributed by atoms with Crippen molar-refractivity contribution in [1.29, 1.82) is 0 Å². The van der Waals surface area contributed by atoms with E-state index in [9.17, 15) is 9.32 Å². The maximum atomic E-state index is 12.6. The highest BCUT2D eigenvalue weighted by molar-refractivity contribution is 7.89. The molecule has 1 aromatic carbocycles. The second kappa shape index (κ2) is 8.88. The first-order chi connectivity index (χ1) is 9.60. The molecule has 2 atom stereocenters. The van der Waals surface area contributed by atoms with Gasteiger partial charge >= 0.3 is 0 Å². The van der Waals surface area contributed by atoms with Gasteiger partial charge in [0.25, 0.3) is 0 Å². The lowest BCUT2D eigenvalue weighted by Crippen LogP contribution is -2.14. The number of aliphatic hydroxyl groups is 1. The van der Waals surface area contributed by atoms with Crippen molar-refractivity contribution in [2.45, 2.75) is 50.5 Å². The average molecular weight is 292 g/mol. The second-order valence-electron chi connectivity index (χ2n) is 4.90. The molecule has 0 saturated heterocycles. The van der Waals surface area contributed by atoms with E-state index in [-0.39, 0.29) is 0 Å². The quantitative estimate of drug-likeness (QED) is 0.578. The summed E-state index contributed by atoms with van der Waals surface area (Å²) in [6, 6.07) is 7.56. The molecule has 0 radical (unpaired) electrons. The first-order valence-electron chi connectivity index (χ1n) is 7.09. The molecule has 0 spiro atoms. The van der Waals surface area contributed by atoms with Gasteiger partial charge in [0.15, 0.2) is 0 Å². The summed E-state index contributed by atoms with van der Waals surface area (Å²) in [7, 11) is -1.32. The minimum absolute atomic E-state index is 0.542. The standard InChI is InChI=1S/C17H24O2S/c1-4-6-7-9-16(18)17(8-5-2)20(19)15-12-10-14(3)11-13-15/h5,8,10-13,16,18H,2,4,6-7,9H2,1,3H3/b17-8+/t16-,20-/m0/s1. The van der Waals surface area contributed by atoms with E-state index in [1.165, 1.54) is 0 Å². The van der Waals surface area contributed by atoms with Gasteiger partial charge in [-0.2, -0.15) is 0 Å². The van der Waals surface area contributed by atoms with Crippen LogP contribution in [0.1, 0.15) is 38.2 Å². The SMILES string of the molecule is C=C/C=C(\[C@@H](O)CCCCC)[S@@](=O)c1ccc(C)cc1. The van der Waals surface area contributed by atoms with Crippen molar-refractivity contribution in [2.24, 2.45) is 0 Å². The zero-order chi connectivity index (χ0) is 15.0. The van der Waals surface area contributed by atoms with Crippen molar-refractivity contribution in [3.05, 3.63) is 53.5 Å². The summed E-state index contributed by atoms with van der Waals surface area (Å²) in [6.07, 6.45) is 6.37. The van der Waals surface area contributed by atoms with Gasteiger partial charge in [-0.25, -0.2) is 4.21 Å². The van der Waals surface area contributed by atoms with Crippen LogP contribution in [0.25, 0.3) is 0 Å². The molecule has 0 bridgehead atoms. The number of hydrogen-bond donors (Lipinski definition) is 1. The number of benzene rings is 1. The highest BCUT2D eigenvalue weighted by Crippen LogP contribution is 2.21. The zero-order valence-corrected chi connectivity index (χ0v) is 13.2. The number of hydrogen-bond acceptors (Lipinski definition) is 2. The Hall–Kier alpha value is -1.19. The van der Waals surface area contributed by atoms with Crippen molar-refractivity contribution in [3.8, 4) is 0 Å². The van der Waals surface area contributed by atoms with E-state index in [1.807, 2.05) is 31.2 Å². The van der Waals surface area contributed by atoms with Crippen LogP contribution < -0.4 is 0 Å². The summed E-state index contributed by atoms with van der Waals surface area (Å²) in [6.45, 7) is 7.76. The highest BCUT2D eigenvalue weighted by atomic mass is 32.2. The van der Waals surface area contributed by atoms with E-state index in [0.29, 0.717) is 11.3 Å². The fraction of sp³-hybridized carbons (Fsp3) is 0.412. The molecule has 1 rings (SSSR count). The molecule has 1 aromatic rings. The van der Waals surface area contributed by atoms with Crippen LogP contribution >= 0.6 is 0 Å². The summed E-state index contributed by atoms with van der Waals surface area (Å²) in [5.41, 5.74) is 1.13. The van der Waals surface area contributed by atoms with Crippen molar-refractivity contribution in [1.82, 2.24) is 0 Å². The molecule has 3 heteroatoms. The van der Waals surface area contributed by atoms with Crippen LogP contribution in [0, 0.1) is 6.92 Å². The first kappa shape index (κ1) is 16.9. The Balaban J connectivity index is 2.85. The van der Waals surface area contributed by atoms with Gasteiger partial charge in [-0.05, 0) is 31.6 Å². The number of unbranched alkanes of at least 4 members (excludes halogenated alkanes) is 2. The molecular formula is C17H24O2S. The van der Waals surface area contributed by atoms with Gasteiger partial charge in [0, 0.05) is 9.80 Å². The minimum atomic E-state index is -1.32. The molecular weight excluding hydrogens is 268 g/mol. The Morgan fingerprint density at radius 3 is 2.55 bits per heavy atom. The first-order valence-corrected chi connectivity index (χ1v) is 8.24. The molecule has 0 saturated carbocycles. The largest absolute Gasteiger partial charge is 0.388 e. The fourth-order valence-electron chi connectivity index (χ4n) is 1.94. The molecule has 0 fully saturated rings. The van der Waals surface area contributed by atoms with E-state index in [1.54, 1.807) is 12.2 Å². The Kier molecular flexibility index (Phi) is 7.48. The van der Waals surface area contributed by atoms with Gasteiger partial charge in [-0.15, -0.1) is 0 Å². The Morgan fingerprint density at radius 2 is 2.00 bits per heavy atom. The summed E-state index contributed by atoms with van der Waals surface area (Å²) in [5, 5.41) is 10.2. The third-order valence-electron chi connectivity index (χ3n) is 3.14. The zero-order valence-electron chi connectivity index (χ0n) is 12.3. The average Bonchev–Trinajstić information content (AvgIpc) is 2.45. The van der Waals surface area contributed by atoms with Crippen LogP contribution in [0.3, 0.4) is 0 Å². The van der Waals surface area contributed by atoms with E-state index in [2.05, 4.69) is 13.5 Å². The summed E-state index contributed by atoms with van der Waals surface area (Å²) in [4.78, 5) is 1.26. The van der Waals surface area contributed by atoms with Gasteiger partial charge in [-0.1, -0.05) is 56.5 Å². The van der Waals surface area contributed by atoms with Crippen LogP contribution in [-0.4, -0.2) is 15.4 Å². The molecule has 0 amide bonds. The molecule has 0 aliphatic heterocycles. The van der Waals surface area contributed by atoms with Crippen molar-refractivity contribution in [3.63, 3.8) is 0 Å². The predicted molar refractivity (Wildman–Crippen MR) is 86.0 cm³/mol. The predicted octanol–water partition coefficient (Wildman–Crippen LogP) is 4.11. The van der Waals surface area contributed by atoms with Crippen LogP contribution in [0.15, 0.2) is 52.8 Å². The third-order valence-corrected chi connectivity index (χ3v) is 4.68. The van der Waals surface area contributed by atoms with Crippen molar-refractivity contribution in [2.75, 3.05) is 0 Å². The monoisotopic (exact) mass is 292 g/mol. The van der Waals surface area contributed by atoms with Gasteiger partial charge in [0.1, 0.15) is 0 Å². The van der Waals surface area contributed by atoms with Gasteiger partial charge in [0.2, 0.25) is 0 Å². The van der Waals surface area contributed by atoms with Crippen LogP contribution in [0.5, 0.6) is 0 Å². The molecule has 0 aliphatic rings. The van der Waals surface area contributed by atoms with E-state index in [4.69, 9.17) is 0 Å². The smallest absolute Gasteiger partial charge is 0.0877 e. The molecule has 0 aromatic heterocycles. The maximum Gasteiger partial charge on any atom is 0.0877 e. The number of rotatable bonds is 8. The van der Waals surface area contributed by atoms with E-state index >= 15 is 0 Å². The molecule has 0 unspecified atom stereocenters. The lowest BCUT2D eigenvalue weighted by molar-refractivity contribution is 0.204. The number of aryl methyl sites for hydroxylation is 1. The topological polar surface area (TPSA) is 37.3 Å². The minimum Gasteiger partial charge on any atom is -0.388 e. The lowest BCUT2D eigenvalue weighted by atomic mass is 10.1. The van der Waals surface area contributed by atoms with Gasteiger partial charge in [-0.3, -0.25) is 0 Å². The normalized spacial score (nSPS) is 14.8. The van der Waals surface area contributed by atoms with Crippen LogP contribution in [0.2, 0.25) is 0 Å². The fourth-order valence-corrected chi connectivity index (χ4v) is 3.18. The second-order valence-corrected chi connectivity index (χ2v) is 6.38.